The maximum absolute atomic E-state index is 12.2. The summed E-state index contributed by atoms with van der Waals surface area (Å²) in [6.07, 6.45) is 1.37. The van der Waals surface area contributed by atoms with E-state index >= 15 is 0 Å². The molecule has 0 atom stereocenters. The largest absolute Gasteiger partial charge is 0.384 e. The number of aryl methyl sites for hydroxylation is 1. The van der Waals surface area contributed by atoms with E-state index in [0.717, 1.165) is 5.56 Å². The average molecular weight is 270 g/mol. The lowest BCUT2D eigenvalue weighted by atomic mass is 10.0. The van der Waals surface area contributed by atoms with Crippen LogP contribution in [-0.2, 0) is 7.05 Å². The summed E-state index contributed by atoms with van der Waals surface area (Å²) in [7, 11) is 1.69. The number of anilines is 1. The van der Waals surface area contributed by atoms with E-state index in [1.54, 1.807) is 25.2 Å². The molecule has 1 amide bonds. The van der Waals surface area contributed by atoms with Crippen molar-refractivity contribution >= 4 is 11.9 Å². The molecule has 1 aromatic heterocycles. The number of hydrogen-bond donors (Lipinski definition) is 2. The van der Waals surface area contributed by atoms with Crippen molar-refractivity contribution in [2.45, 2.75) is 6.92 Å². The number of nitrogens with zero attached hydrogens (tertiary/aromatic N) is 3. The van der Waals surface area contributed by atoms with Crippen LogP contribution in [0.5, 0.6) is 0 Å². The zero-order chi connectivity index (χ0) is 14.5. The van der Waals surface area contributed by atoms with Gasteiger partial charge < -0.3 is 5.11 Å². The highest BCUT2D eigenvalue weighted by Crippen LogP contribution is 2.14. The van der Waals surface area contributed by atoms with Crippen molar-refractivity contribution in [3.8, 4) is 11.8 Å². The Kier molecular flexibility index (Phi) is 4.13. The fraction of sp³-hybridized carbons (Fsp3) is 0.214. The summed E-state index contributed by atoms with van der Waals surface area (Å²) in [5.74, 6) is 5.49. The highest BCUT2D eigenvalue weighted by molar-refractivity contribution is 6.04. The summed E-state index contributed by atoms with van der Waals surface area (Å²) >= 11 is 0. The van der Waals surface area contributed by atoms with E-state index < -0.39 is 0 Å². The number of benzene rings is 1. The van der Waals surface area contributed by atoms with Crippen molar-refractivity contribution in [3.63, 3.8) is 0 Å². The first-order valence-corrected chi connectivity index (χ1v) is 5.98. The third kappa shape index (κ3) is 2.84. The number of aromatic nitrogens is 3. The summed E-state index contributed by atoms with van der Waals surface area (Å²) in [5, 5.41) is 15.3. The number of aliphatic hydroxyl groups is 1. The molecule has 2 N–H and O–H groups in total. The predicted molar refractivity (Wildman–Crippen MR) is 74.1 cm³/mol. The fourth-order valence-corrected chi connectivity index (χ4v) is 1.73. The van der Waals surface area contributed by atoms with E-state index in [-0.39, 0.29) is 12.5 Å². The van der Waals surface area contributed by atoms with Crippen LogP contribution in [0.1, 0.15) is 21.5 Å². The van der Waals surface area contributed by atoms with Crippen LogP contribution < -0.4 is 5.32 Å². The zero-order valence-corrected chi connectivity index (χ0v) is 11.2. The van der Waals surface area contributed by atoms with Crippen LogP contribution in [0.15, 0.2) is 24.5 Å². The summed E-state index contributed by atoms with van der Waals surface area (Å²) in [5.41, 5.74) is 1.98. The minimum absolute atomic E-state index is 0.213. The molecule has 0 aliphatic rings. The number of nitrogens with one attached hydrogen (secondary N) is 1. The molecule has 1 heterocycles. The molecule has 0 saturated carbocycles. The van der Waals surface area contributed by atoms with Crippen LogP contribution >= 0.6 is 0 Å². The molecule has 0 spiro atoms. The third-order valence-electron chi connectivity index (χ3n) is 2.82. The van der Waals surface area contributed by atoms with Crippen LogP contribution in [-0.4, -0.2) is 32.4 Å². The minimum atomic E-state index is -0.272. The first-order chi connectivity index (χ1) is 9.63. The summed E-state index contributed by atoms with van der Waals surface area (Å²) in [6, 6.07) is 5.27. The SMILES string of the molecule is Cc1c(C#CCO)cccc1C(=O)Nc1ncnn1C. The van der Waals surface area contributed by atoms with Gasteiger partial charge >= 0.3 is 0 Å². The Labute approximate surface area is 116 Å². The molecule has 1 aromatic carbocycles. The normalized spacial score (nSPS) is 9.75. The lowest BCUT2D eigenvalue weighted by molar-refractivity contribution is 0.102. The Hall–Kier alpha value is -2.65. The number of aliphatic hydroxyl groups excluding tert-OH is 1. The standard InChI is InChI=1S/C14H14N4O2/c1-10-11(6-4-8-19)5-3-7-12(10)13(20)17-14-15-9-16-18(14)2/h3,5,7,9,19H,8H2,1-2H3,(H,15,16,17,20). The van der Waals surface area contributed by atoms with Gasteiger partial charge in [0.25, 0.3) is 5.91 Å². The maximum atomic E-state index is 12.2. The molecule has 102 valence electrons. The predicted octanol–water partition coefficient (Wildman–Crippen LogP) is 0.720. The molecular formula is C14H14N4O2. The summed E-state index contributed by atoms with van der Waals surface area (Å²) in [6.45, 7) is 1.60. The molecular weight excluding hydrogens is 256 g/mol. The van der Waals surface area contributed by atoms with Crippen LogP contribution in [0.4, 0.5) is 5.95 Å². The van der Waals surface area contributed by atoms with Crippen molar-refractivity contribution in [2.75, 3.05) is 11.9 Å². The Bertz CT molecular complexity index is 695. The third-order valence-corrected chi connectivity index (χ3v) is 2.82. The summed E-state index contributed by atoms with van der Waals surface area (Å²) < 4.78 is 1.47. The van der Waals surface area contributed by atoms with Gasteiger partial charge in [-0.25, -0.2) is 4.68 Å². The van der Waals surface area contributed by atoms with E-state index in [1.165, 1.54) is 11.0 Å². The van der Waals surface area contributed by atoms with Crippen LogP contribution in [0.25, 0.3) is 0 Å². The molecule has 0 bridgehead atoms. The lowest BCUT2D eigenvalue weighted by Crippen LogP contribution is -2.16. The quantitative estimate of drug-likeness (QED) is 0.788. The number of rotatable bonds is 2. The van der Waals surface area contributed by atoms with E-state index in [4.69, 9.17) is 5.11 Å². The van der Waals surface area contributed by atoms with Crippen molar-refractivity contribution in [1.29, 1.82) is 0 Å². The first-order valence-electron chi connectivity index (χ1n) is 5.98. The highest BCUT2D eigenvalue weighted by Gasteiger charge is 2.13. The zero-order valence-electron chi connectivity index (χ0n) is 11.2. The van der Waals surface area contributed by atoms with E-state index in [2.05, 4.69) is 27.2 Å². The second-order valence-electron chi connectivity index (χ2n) is 4.10. The number of carbonyl (C=O) groups excluding carboxylic acids is 1. The molecule has 6 nitrogen and oxygen atoms in total. The van der Waals surface area contributed by atoms with Crippen LogP contribution in [0.2, 0.25) is 0 Å². The first kappa shape index (κ1) is 13.8. The van der Waals surface area contributed by atoms with Crippen LogP contribution in [0.3, 0.4) is 0 Å². The molecule has 0 aliphatic carbocycles. The van der Waals surface area contributed by atoms with Gasteiger partial charge in [-0.1, -0.05) is 17.9 Å². The second-order valence-corrected chi connectivity index (χ2v) is 4.10. The lowest BCUT2D eigenvalue weighted by Gasteiger charge is -2.08. The van der Waals surface area contributed by atoms with Gasteiger partial charge in [-0.15, -0.1) is 0 Å². The van der Waals surface area contributed by atoms with Gasteiger partial charge in [-0.2, -0.15) is 10.1 Å². The van der Waals surface area contributed by atoms with Gasteiger partial charge in [0.05, 0.1) is 0 Å². The van der Waals surface area contributed by atoms with Gasteiger partial charge in [0.15, 0.2) is 0 Å². The molecule has 0 saturated heterocycles. The smallest absolute Gasteiger partial charge is 0.258 e. The van der Waals surface area contributed by atoms with Crippen molar-refractivity contribution in [1.82, 2.24) is 14.8 Å². The summed E-state index contributed by atoms with van der Waals surface area (Å²) in [4.78, 5) is 16.2. The molecule has 0 unspecified atom stereocenters. The Morgan fingerprint density at radius 1 is 1.50 bits per heavy atom. The van der Waals surface area contributed by atoms with Gasteiger partial charge in [0, 0.05) is 18.2 Å². The highest BCUT2D eigenvalue weighted by atomic mass is 16.2. The molecule has 0 radical (unpaired) electrons. The van der Waals surface area contributed by atoms with Crippen molar-refractivity contribution in [3.05, 3.63) is 41.2 Å². The maximum Gasteiger partial charge on any atom is 0.258 e. The minimum Gasteiger partial charge on any atom is -0.384 e. The van der Waals surface area contributed by atoms with Crippen LogP contribution in [0, 0.1) is 18.8 Å². The average Bonchev–Trinajstić information content (AvgIpc) is 2.83. The Morgan fingerprint density at radius 2 is 2.30 bits per heavy atom. The fourth-order valence-electron chi connectivity index (χ4n) is 1.73. The van der Waals surface area contributed by atoms with E-state index in [0.29, 0.717) is 17.1 Å². The van der Waals surface area contributed by atoms with Gasteiger partial charge in [-0.05, 0) is 24.6 Å². The molecule has 20 heavy (non-hydrogen) atoms. The number of carbonyl (C=O) groups is 1. The number of amides is 1. The van der Waals surface area contributed by atoms with E-state index in [1.807, 2.05) is 6.92 Å². The van der Waals surface area contributed by atoms with Crippen molar-refractivity contribution < 1.29 is 9.90 Å². The monoisotopic (exact) mass is 270 g/mol. The topological polar surface area (TPSA) is 80.0 Å². The molecule has 0 aliphatic heterocycles. The Balaban J connectivity index is 2.29. The molecule has 6 heteroatoms. The van der Waals surface area contributed by atoms with E-state index in [9.17, 15) is 4.79 Å². The van der Waals surface area contributed by atoms with Gasteiger partial charge in [-0.3, -0.25) is 10.1 Å². The number of hydrogen-bond acceptors (Lipinski definition) is 4. The van der Waals surface area contributed by atoms with Gasteiger partial charge in [0.1, 0.15) is 12.9 Å². The molecule has 2 rings (SSSR count). The molecule has 0 fully saturated rings. The van der Waals surface area contributed by atoms with Gasteiger partial charge in [0.2, 0.25) is 5.95 Å². The Morgan fingerprint density at radius 3 is 2.95 bits per heavy atom. The molecule has 2 aromatic rings. The van der Waals surface area contributed by atoms with Crippen molar-refractivity contribution in [2.24, 2.45) is 7.05 Å². The second kappa shape index (κ2) is 5.99.